The zero-order valence-corrected chi connectivity index (χ0v) is 12.3. The highest BCUT2D eigenvalue weighted by Gasteiger charge is 2.06. The van der Waals surface area contributed by atoms with Gasteiger partial charge in [0.25, 0.3) is 0 Å². The molecule has 0 fully saturated rings. The van der Waals surface area contributed by atoms with E-state index < -0.39 is 0 Å². The molecule has 1 aromatic carbocycles. The number of hydrogen-bond acceptors (Lipinski definition) is 1. The molecule has 1 nitrogen and oxygen atoms in total. The Balaban J connectivity index is 2.67. The number of anilines is 1. The van der Waals surface area contributed by atoms with Gasteiger partial charge in [-0.3, -0.25) is 0 Å². The van der Waals surface area contributed by atoms with Crippen molar-refractivity contribution in [1.82, 2.24) is 0 Å². The Morgan fingerprint density at radius 1 is 1.25 bits per heavy atom. The van der Waals surface area contributed by atoms with Gasteiger partial charge in [-0.2, -0.15) is 0 Å². The van der Waals surface area contributed by atoms with Crippen LogP contribution in [0.2, 0.25) is 0 Å². The standard InChI is InChI=1S/C14H22BrN/c1-5-6-10(2)9-16-14-11(3)7-13(15)8-12(14)4/h7-8,10,16H,5-6,9H2,1-4H3. The second-order valence-corrected chi connectivity index (χ2v) is 5.61. The molecule has 0 bridgehead atoms. The molecule has 0 aliphatic rings. The van der Waals surface area contributed by atoms with Gasteiger partial charge in [-0.1, -0.05) is 36.2 Å². The molecule has 0 spiro atoms. The van der Waals surface area contributed by atoms with Crippen molar-refractivity contribution in [2.45, 2.75) is 40.5 Å². The third-order valence-corrected chi connectivity index (χ3v) is 3.36. The monoisotopic (exact) mass is 283 g/mol. The van der Waals surface area contributed by atoms with Crippen LogP contribution in [0.3, 0.4) is 0 Å². The van der Waals surface area contributed by atoms with E-state index in [1.165, 1.54) is 29.7 Å². The first-order valence-corrected chi connectivity index (χ1v) is 6.84. The largest absolute Gasteiger partial charge is 0.384 e. The minimum Gasteiger partial charge on any atom is -0.384 e. The van der Waals surface area contributed by atoms with Crippen LogP contribution in [0.1, 0.15) is 37.8 Å². The number of benzene rings is 1. The SMILES string of the molecule is CCCC(C)CNc1c(C)cc(Br)cc1C. The van der Waals surface area contributed by atoms with Crippen LogP contribution >= 0.6 is 15.9 Å². The van der Waals surface area contributed by atoms with E-state index in [9.17, 15) is 0 Å². The van der Waals surface area contributed by atoms with E-state index in [4.69, 9.17) is 0 Å². The van der Waals surface area contributed by atoms with Crippen LogP contribution in [0.4, 0.5) is 5.69 Å². The quantitative estimate of drug-likeness (QED) is 0.809. The molecule has 16 heavy (non-hydrogen) atoms. The molecule has 0 heterocycles. The summed E-state index contributed by atoms with van der Waals surface area (Å²) in [4.78, 5) is 0. The Labute approximate surface area is 108 Å². The highest BCUT2D eigenvalue weighted by Crippen LogP contribution is 2.25. The van der Waals surface area contributed by atoms with Crippen molar-refractivity contribution in [3.05, 3.63) is 27.7 Å². The molecule has 1 atom stereocenters. The van der Waals surface area contributed by atoms with E-state index in [-0.39, 0.29) is 0 Å². The lowest BCUT2D eigenvalue weighted by molar-refractivity contribution is 0.550. The van der Waals surface area contributed by atoms with Crippen LogP contribution < -0.4 is 5.32 Å². The Morgan fingerprint density at radius 3 is 2.31 bits per heavy atom. The van der Waals surface area contributed by atoms with E-state index in [0.717, 1.165) is 16.9 Å². The molecular weight excluding hydrogens is 262 g/mol. The summed E-state index contributed by atoms with van der Waals surface area (Å²) in [5.41, 5.74) is 3.93. The highest BCUT2D eigenvalue weighted by molar-refractivity contribution is 9.10. The topological polar surface area (TPSA) is 12.0 Å². The van der Waals surface area contributed by atoms with Gasteiger partial charge in [0.15, 0.2) is 0 Å². The molecular formula is C14H22BrN. The summed E-state index contributed by atoms with van der Waals surface area (Å²) < 4.78 is 1.16. The van der Waals surface area contributed by atoms with Gasteiger partial charge in [-0.25, -0.2) is 0 Å². The zero-order chi connectivity index (χ0) is 12.1. The van der Waals surface area contributed by atoms with Crippen molar-refractivity contribution in [2.75, 3.05) is 11.9 Å². The summed E-state index contributed by atoms with van der Waals surface area (Å²) in [5.74, 6) is 0.743. The predicted octanol–water partition coefficient (Wildman–Crippen LogP) is 4.91. The first-order valence-electron chi connectivity index (χ1n) is 6.05. The molecule has 0 amide bonds. The van der Waals surface area contributed by atoms with Crippen molar-refractivity contribution >= 4 is 21.6 Å². The molecule has 0 saturated carbocycles. The van der Waals surface area contributed by atoms with Gasteiger partial charge in [-0.05, 0) is 49.4 Å². The van der Waals surface area contributed by atoms with Crippen LogP contribution in [0.25, 0.3) is 0 Å². The van der Waals surface area contributed by atoms with Crippen molar-refractivity contribution in [1.29, 1.82) is 0 Å². The second-order valence-electron chi connectivity index (χ2n) is 4.69. The summed E-state index contributed by atoms with van der Waals surface area (Å²) in [7, 11) is 0. The lowest BCUT2D eigenvalue weighted by atomic mass is 10.0. The Hall–Kier alpha value is -0.500. The zero-order valence-electron chi connectivity index (χ0n) is 10.7. The number of halogens is 1. The van der Waals surface area contributed by atoms with E-state index >= 15 is 0 Å². The molecule has 0 aliphatic carbocycles. The van der Waals surface area contributed by atoms with Gasteiger partial charge < -0.3 is 5.32 Å². The fourth-order valence-electron chi connectivity index (χ4n) is 2.06. The molecule has 1 rings (SSSR count). The van der Waals surface area contributed by atoms with Gasteiger partial charge in [0, 0.05) is 16.7 Å². The third-order valence-electron chi connectivity index (χ3n) is 2.91. The van der Waals surface area contributed by atoms with Crippen molar-refractivity contribution in [3.63, 3.8) is 0 Å². The predicted molar refractivity (Wildman–Crippen MR) is 76.2 cm³/mol. The Kier molecular flexibility index (Phi) is 5.33. The number of nitrogens with one attached hydrogen (secondary N) is 1. The first-order chi connectivity index (χ1) is 7.54. The van der Waals surface area contributed by atoms with Crippen LogP contribution in [-0.2, 0) is 0 Å². The molecule has 90 valence electrons. The normalized spacial score (nSPS) is 12.6. The van der Waals surface area contributed by atoms with Gasteiger partial charge >= 0.3 is 0 Å². The van der Waals surface area contributed by atoms with Crippen molar-refractivity contribution in [3.8, 4) is 0 Å². The van der Waals surface area contributed by atoms with Crippen LogP contribution in [-0.4, -0.2) is 6.54 Å². The molecule has 2 heteroatoms. The second kappa shape index (κ2) is 6.29. The van der Waals surface area contributed by atoms with Crippen LogP contribution in [0.15, 0.2) is 16.6 Å². The van der Waals surface area contributed by atoms with Crippen LogP contribution in [0, 0.1) is 19.8 Å². The summed E-state index contributed by atoms with van der Waals surface area (Å²) in [6, 6.07) is 4.33. The van der Waals surface area contributed by atoms with Crippen LogP contribution in [0.5, 0.6) is 0 Å². The lowest BCUT2D eigenvalue weighted by Gasteiger charge is -2.16. The number of rotatable bonds is 5. The molecule has 0 radical (unpaired) electrons. The van der Waals surface area contributed by atoms with E-state index in [1.54, 1.807) is 0 Å². The lowest BCUT2D eigenvalue weighted by Crippen LogP contribution is -2.12. The molecule has 1 aromatic rings. The summed E-state index contributed by atoms with van der Waals surface area (Å²) in [5, 5.41) is 3.57. The first kappa shape index (κ1) is 13.6. The van der Waals surface area contributed by atoms with Gasteiger partial charge in [0.05, 0.1) is 0 Å². The Morgan fingerprint density at radius 2 is 1.81 bits per heavy atom. The number of aryl methyl sites for hydroxylation is 2. The van der Waals surface area contributed by atoms with Gasteiger partial charge in [0.2, 0.25) is 0 Å². The van der Waals surface area contributed by atoms with Crippen molar-refractivity contribution in [2.24, 2.45) is 5.92 Å². The smallest absolute Gasteiger partial charge is 0.0400 e. The minimum absolute atomic E-state index is 0.743. The molecule has 0 aromatic heterocycles. The number of hydrogen-bond donors (Lipinski definition) is 1. The third kappa shape index (κ3) is 3.82. The van der Waals surface area contributed by atoms with Gasteiger partial charge in [-0.15, -0.1) is 0 Å². The van der Waals surface area contributed by atoms with Crippen molar-refractivity contribution < 1.29 is 0 Å². The van der Waals surface area contributed by atoms with E-state index in [0.29, 0.717) is 0 Å². The molecule has 0 aliphatic heterocycles. The molecule has 1 N–H and O–H groups in total. The fraction of sp³-hybridized carbons (Fsp3) is 0.571. The maximum Gasteiger partial charge on any atom is 0.0400 e. The average molecular weight is 284 g/mol. The molecule has 0 saturated heterocycles. The minimum atomic E-state index is 0.743. The maximum atomic E-state index is 3.57. The highest BCUT2D eigenvalue weighted by atomic mass is 79.9. The summed E-state index contributed by atoms with van der Waals surface area (Å²) in [6.45, 7) is 9.93. The average Bonchev–Trinajstić information content (AvgIpc) is 2.16. The van der Waals surface area contributed by atoms with Gasteiger partial charge in [0.1, 0.15) is 0 Å². The summed E-state index contributed by atoms with van der Waals surface area (Å²) >= 11 is 3.52. The molecule has 1 unspecified atom stereocenters. The summed E-state index contributed by atoms with van der Waals surface area (Å²) in [6.07, 6.45) is 2.56. The Bertz CT molecular complexity index is 324. The van der Waals surface area contributed by atoms with E-state index in [1.807, 2.05) is 0 Å². The fourth-order valence-corrected chi connectivity index (χ4v) is 2.75. The maximum absolute atomic E-state index is 3.57. The van der Waals surface area contributed by atoms with E-state index in [2.05, 4.69) is 61.1 Å².